The van der Waals surface area contributed by atoms with Crippen molar-refractivity contribution in [2.45, 2.75) is 12.2 Å². The van der Waals surface area contributed by atoms with Crippen molar-refractivity contribution in [3.63, 3.8) is 0 Å². The molecule has 0 heterocycles. The van der Waals surface area contributed by atoms with Gasteiger partial charge in [0.05, 0.1) is 0 Å². The minimum absolute atomic E-state index is 0. The van der Waals surface area contributed by atoms with E-state index in [4.69, 9.17) is 0 Å². The molecule has 0 N–H and O–H groups in total. The summed E-state index contributed by atoms with van der Waals surface area (Å²) in [6.45, 7) is 0. The second-order valence-corrected chi connectivity index (χ2v) is 1.31. The van der Waals surface area contributed by atoms with Crippen molar-refractivity contribution in [1.82, 2.24) is 0 Å². The monoisotopic (exact) mass is 173 g/mol. The summed E-state index contributed by atoms with van der Waals surface area (Å²) in [5.74, 6) is 0. The van der Waals surface area contributed by atoms with E-state index in [0.29, 0.717) is 0 Å². The van der Waals surface area contributed by atoms with Crippen LogP contribution in [0.25, 0.3) is 0 Å². The first-order valence-corrected chi connectivity index (χ1v) is 1.97. The molecule has 0 aromatic heterocycles. The molecule has 0 aliphatic rings. The molecule has 1 nitrogen and oxygen atoms in total. The Kier molecular flexibility index (Phi) is 4.64. The molecule has 0 spiro atoms. The summed E-state index contributed by atoms with van der Waals surface area (Å²) in [7, 11) is 0. The van der Waals surface area contributed by atoms with Crippen LogP contribution in [0.3, 0.4) is 0 Å². The summed E-state index contributed by atoms with van der Waals surface area (Å²) in [6.07, 6.45) is -5.66. The normalized spacial score (nSPS) is 12.1. The molecule has 0 aromatic rings. The molecule has 0 aliphatic carbocycles. The number of hydrogen-bond acceptors (Lipinski definition) is 2. The van der Waals surface area contributed by atoms with Gasteiger partial charge < -0.3 is 1.43 Å². The molecule has 0 radical (unpaired) electrons. The van der Waals surface area contributed by atoms with Crippen LogP contribution in [-0.4, -0.2) is 12.2 Å². The molecule has 0 rings (SSSR count). The van der Waals surface area contributed by atoms with Gasteiger partial charge in [0.2, 0.25) is 0 Å². The van der Waals surface area contributed by atoms with Gasteiger partial charge in [-0.2, -0.15) is 22.0 Å². The first-order valence-electron chi connectivity index (χ1n) is 1.60. The molecular weight excluding hydrogens is 172 g/mol. The predicted octanol–water partition coefficient (Wildman–Crippen LogP) is -1.01. The molecule has 56 valence electrons. The van der Waals surface area contributed by atoms with Crippen molar-refractivity contribution in [3.8, 4) is 0 Å². The Bertz CT molecular complexity index is 126. The van der Waals surface area contributed by atoms with E-state index < -0.39 is 12.2 Å². The van der Waals surface area contributed by atoms with Gasteiger partial charge in [-0.1, -0.05) is 0 Å². The molecule has 0 unspecified atom stereocenters. The number of nitrogens with zero attached hydrogens (tertiary/aromatic N) is 1. The van der Waals surface area contributed by atoms with E-state index in [1.165, 1.54) is 4.36 Å². The van der Waals surface area contributed by atoms with Crippen LogP contribution in [0, 0.1) is 0 Å². The average molecular weight is 173 g/mol. The van der Waals surface area contributed by atoms with Crippen LogP contribution in [0.5, 0.6) is 0 Å². The van der Waals surface area contributed by atoms with Gasteiger partial charge in [0, 0.05) is 12.4 Å². The van der Waals surface area contributed by atoms with Crippen LogP contribution < -0.4 is 18.9 Å². The van der Waals surface area contributed by atoms with Crippen molar-refractivity contribution in [2.75, 3.05) is 0 Å². The summed E-state index contributed by atoms with van der Waals surface area (Å²) >= 11 is 3.19. The van der Waals surface area contributed by atoms with Crippen LogP contribution in [-0.2, 0) is 12.4 Å². The SMILES string of the molecule is FC(F)(F)C(F)(F)N=S.[H-].[Li+]. The molecule has 0 atom stereocenters. The molecule has 0 saturated heterocycles. The van der Waals surface area contributed by atoms with Crippen LogP contribution in [0.4, 0.5) is 22.0 Å². The Balaban J connectivity index is -0.000000320. The van der Waals surface area contributed by atoms with Crippen molar-refractivity contribution in [2.24, 2.45) is 4.36 Å². The van der Waals surface area contributed by atoms with Gasteiger partial charge >= 0.3 is 31.1 Å². The maximum atomic E-state index is 11.3. The van der Waals surface area contributed by atoms with Gasteiger partial charge in [-0.05, 0) is 0 Å². The standard InChI is InChI=1S/C2F5NS.Li.H/c3-1(4,5)2(6,7)8-9;;/q;+1;-1. The molecule has 0 aromatic carbocycles. The van der Waals surface area contributed by atoms with Crippen LogP contribution >= 0.6 is 0 Å². The van der Waals surface area contributed by atoms with E-state index in [0.717, 1.165) is 0 Å². The zero-order valence-corrected chi connectivity index (χ0v) is 5.56. The first kappa shape index (κ1) is 12.9. The number of hydrogen-bond donors (Lipinski definition) is 0. The number of alkyl halides is 5. The van der Waals surface area contributed by atoms with Crippen molar-refractivity contribution < 1.29 is 42.2 Å². The van der Waals surface area contributed by atoms with Crippen molar-refractivity contribution in [1.29, 1.82) is 0 Å². The summed E-state index contributed by atoms with van der Waals surface area (Å²) in [5, 5.41) is 0. The summed E-state index contributed by atoms with van der Waals surface area (Å²) < 4.78 is 56.7. The van der Waals surface area contributed by atoms with Gasteiger partial charge in [0.25, 0.3) is 0 Å². The Labute approximate surface area is 71.8 Å². The quantitative estimate of drug-likeness (QED) is 0.281. The topological polar surface area (TPSA) is 12.4 Å². The second kappa shape index (κ2) is 3.60. The van der Waals surface area contributed by atoms with Gasteiger partial charge in [-0.25, -0.2) is 0 Å². The van der Waals surface area contributed by atoms with Crippen molar-refractivity contribution >= 4 is 12.4 Å². The van der Waals surface area contributed by atoms with Gasteiger partial charge in [-0.3, -0.25) is 0 Å². The third kappa shape index (κ3) is 2.90. The number of halogens is 5. The summed E-state index contributed by atoms with van der Waals surface area (Å²) in [5.41, 5.74) is 0. The fourth-order valence-corrected chi connectivity index (χ4v) is 0.155. The summed E-state index contributed by atoms with van der Waals surface area (Å²) in [4.78, 5) is 0. The largest absolute Gasteiger partial charge is 1.00 e. The molecule has 8 heteroatoms. The van der Waals surface area contributed by atoms with E-state index in [2.05, 4.69) is 12.4 Å². The smallest absolute Gasteiger partial charge is 1.00 e. The Morgan fingerprint density at radius 2 is 1.40 bits per heavy atom. The van der Waals surface area contributed by atoms with Crippen LogP contribution in [0.15, 0.2) is 4.36 Å². The average Bonchev–Trinajstić information content (AvgIpc) is 1.64. The zero-order chi connectivity index (χ0) is 7.71. The van der Waals surface area contributed by atoms with Gasteiger partial charge in [0.15, 0.2) is 0 Å². The fraction of sp³-hybridized carbons (Fsp3) is 1.00. The molecule has 0 saturated carbocycles. The predicted molar refractivity (Wildman–Crippen MR) is 21.9 cm³/mol. The second-order valence-electron chi connectivity index (χ2n) is 1.13. The Morgan fingerprint density at radius 1 is 1.10 bits per heavy atom. The molecule has 10 heavy (non-hydrogen) atoms. The first-order chi connectivity index (χ1) is 3.81. The van der Waals surface area contributed by atoms with E-state index in [1.807, 2.05) is 0 Å². The van der Waals surface area contributed by atoms with E-state index in [1.54, 1.807) is 0 Å². The fourth-order valence-electron chi connectivity index (χ4n) is 0.0518. The third-order valence-corrected chi connectivity index (χ3v) is 0.685. The molecule has 0 fully saturated rings. The molecule has 0 bridgehead atoms. The Hall–Kier alpha value is 0.267. The van der Waals surface area contributed by atoms with E-state index in [9.17, 15) is 22.0 Å². The van der Waals surface area contributed by atoms with Gasteiger partial charge in [-0.15, -0.1) is 4.36 Å². The van der Waals surface area contributed by atoms with Crippen LogP contribution in [0.2, 0.25) is 0 Å². The molecule has 0 aliphatic heterocycles. The Morgan fingerprint density at radius 3 is 1.40 bits per heavy atom. The maximum absolute atomic E-state index is 11.3. The molecular formula is C2HF5LiNS. The van der Waals surface area contributed by atoms with E-state index in [-0.39, 0.29) is 20.3 Å². The summed E-state index contributed by atoms with van der Waals surface area (Å²) in [6, 6.07) is -5.08. The minimum atomic E-state index is -5.66. The molecule has 0 amide bonds. The zero-order valence-electron chi connectivity index (χ0n) is 5.75. The third-order valence-electron chi connectivity index (χ3n) is 0.456. The van der Waals surface area contributed by atoms with Crippen LogP contribution in [0.1, 0.15) is 1.43 Å². The minimum Gasteiger partial charge on any atom is -1.00 e. The van der Waals surface area contributed by atoms with Gasteiger partial charge in [0.1, 0.15) is 0 Å². The van der Waals surface area contributed by atoms with E-state index >= 15 is 0 Å². The number of rotatable bonds is 1. The maximum Gasteiger partial charge on any atom is 1.00 e. The van der Waals surface area contributed by atoms with Crippen molar-refractivity contribution in [3.05, 3.63) is 0 Å².